The second kappa shape index (κ2) is 7.82. The van der Waals surface area contributed by atoms with Gasteiger partial charge >= 0.3 is 0 Å². The van der Waals surface area contributed by atoms with E-state index in [1.165, 1.54) is 5.56 Å². The van der Waals surface area contributed by atoms with Crippen LogP contribution in [0.25, 0.3) is 0 Å². The molecule has 1 atom stereocenters. The number of hydrogen-bond acceptors (Lipinski definition) is 2. The second-order valence-electron chi connectivity index (χ2n) is 6.08. The lowest BCUT2D eigenvalue weighted by molar-refractivity contribution is 0.102. The van der Waals surface area contributed by atoms with E-state index in [9.17, 15) is 4.79 Å². The molecular weight excluding hydrogens is 286 g/mol. The predicted molar refractivity (Wildman–Crippen MR) is 95.3 cm³/mol. The van der Waals surface area contributed by atoms with E-state index in [1.54, 1.807) is 12.1 Å². The molecule has 0 heterocycles. The fraction of sp³-hybridized carbons (Fsp3) is 0.350. The van der Waals surface area contributed by atoms with Gasteiger partial charge in [0.05, 0.1) is 6.10 Å². The Morgan fingerprint density at radius 3 is 2.13 bits per heavy atom. The van der Waals surface area contributed by atoms with Gasteiger partial charge in [0.1, 0.15) is 5.75 Å². The highest BCUT2D eigenvalue weighted by Crippen LogP contribution is 2.21. The Hall–Kier alpha value is -2.29. The first-order valence-electron chi connectivity index (χ1n) is 8.17. The first-order valence-corrected chi connectivity index (χ1v) is 8.17. The van der Waals surface area contributed by atoms with Gasteiger partial charge in [-0.15, -0.1) is 0 Å². The van der Waals surface area contributed by atoms with Crippen LogP contribution in [-0.2, 0) is 0 Å². The van der Waals surface area contributed by atoms with Crippen molar-refractivity contribution in [1.29, 1.82) is 0 Å². The van der Waals surface area contributed by atoms with Gasteiger partial charge in [-0.25, -0.2) is 0 Å². The molecule has 0 fully saturated rings. The van der Waals surface area contributed by atoms with Crippen LogP contribution in [0, 0.1) is 0 Å². The van der Waals surface area contributed by atoms with Crippen LogP contribution in [0.3, 0.4) is 0 Å². The van der Waals surface area contributed by atoms with E-state index in [0.29, 0.717) is 11.5 Å². The van der Waals surface area contributed by atoms with Crippen molar-refractivity contribution in [3.63, 3.8) is 0 Å². The van der Waals surface area contributed by atoms with E-state index in [2.05, 4.69) is 31.3 Å². The smallest absolute Gasteiger partial charge is 0.255 e. The van der Waals surface area contributed by atoms with Crippen molar-refractivity contribution in [1.82, 2.24) is 0 Å². The minimum Gasteiger partial charge on any atom is -0.491 e. The Labute approximate surface area is 138 Å². The highest BCUT2D eigenvalue weighted by atomic mass is 16.5. The molecule has 0 aromatic heterocycles. The quantitative estimate of drug-likeness (QED) is 0.792. The lowest BCUT2D eigenvalue weighted by Gasteiger charge is -2.11. The molecule has 2 rings (SSSR count). The molecule has 0 radical (unpaired) electrons. The maximum atomic E-state index is 12.3. The van der Waals surface area contributed by atoms with E-state index in [0.717, 1.165) is 17.9 Å². The summed E-state index contributed by atoms with van der Waals surface area (Å²) in [7, 11) is 0. The van der Waals surface area contributed by atoms with Crippen molar-refractivity contribution in [3.8, 4) is 5.75 Å². The van der Waals surface area contributed by atoms with Gasteiger partial charge < -0.3 is 10.1 Å². The van der Waals surface area contributed by atoms with Gasteiger partial charge in [0, 0.05) is 11.3 Å². The molecule has 23 heavy (non-hydrogen) atoms. The van der Waals surface area contributed by atoms with Crippen molar-refractivity contribution >= 4 is 11.6 Å². The molecule has 0 aliphatic heterocycles. The first kappa shape index (κ1) is 17.1. The molecule has 0 saturated heterocycles. The van der Waals surface area contributed by atoms with E-state index in [-0.39, 0.29) is 12.0 Å². The van der Waals surface area contributed by atoms with Gasteiger partial charge in [-0.05, 0) is 68.1 Å². The number of nitrogens with one attached hydrogen (secondary N) is 1. The molecule has 0 aliphatic carbocycles. The molecule has 3 nitrogen and oxygen atoms in total. The topological polar surface area (TPSA) is 38.3 Å². The second-order valence-corrected chi connectivity index (χ2v) is 6.08. The van der Waals surface area contributed by atoms with Crippen LogP contribution in [-0.4, -0.2) is 12.0 Å². The first-order chi connectivity index (χ1) is 11.0. The molecule has 1 N–H and O–H groups in total. The Morgan fingerprint density at radius 1 is 1.00 bits per heavy atom. The summed E-state index contributed by atoms with van der Waals surface area (Å²) < 4.78 is 5.58. The minimum absolute atomic E-state index is 0.114. The standard InChI is InChI=1S/C20H25NO2/c1-5-15(4)16-6-10-18(11-7-16)21-20(22)17-8-12-19(13-9-17)23-14(2)3/h6-15H,5H2,1-4H3,(H,21,22)/t15-/m0/s1. The zero-order chi connectivity index (χ0) is 16.8. The average Bonchev–Trinajstić information content (AvgIpc) is 2.55. The van der Waals surface area contributed by atoms with Crippen molar-refractivity contribution in [3.05, 3.63) is 59.7 Å². The van der Waals surface area contributed by atoms with Gasteiger partial charge in [-0.3, -0.25) is 4.79 Å². The van der Waals surface area contributed by atoms with Crippen molar-refractivity contribution in [2.45, 2.75) is 46.1 Å². The third-order valence-electron chi connectivity index (χ3n) is 3.84. The maximum absolute atomic E-state index is 12.3. The van der Waals surface area contributed by atoms with Gasteiger partial charge in [-0.1, -0.05) is 26.0 Å². The Balaban J connectivity index is 2.01. The number of benzene rings is 2. The van der Waals surface area contributed by atoms with Crippen LogP contribution >= 0.6 is 0 Å². The molecule has 2 aromatic carbocycles. The summed E-state index contributed by atoms with van der Waals surface area (Å²) in [6.07, 6.45) is 1.23. The molecular formula is C20H25NO2. The van der Waals surface area contributed by atoms with Crippen LogP contribution < -0.4 is 10.1 Å². The normalized spacial score (nSPS) is 12.0. The van der Waals surface area contributed by atoms with Gasteiger partial charge in [0.15, 0.2) is 0 Å². The molecule has 0 spiro atoms. The predicted octanol–water partition coefficient (Wildman–Crippen LogP) is 5.24. The lowest BCUT2D eigenvalue weighted by atomic mass is 9.98. The Kier molecular flexibility index (Phi) is 5.80. The summed E-state index contributed by atoms with van der Waals surface area (Å²) in [5, 5.41) is 2.92. The van der Waals surface area contributed by atoms with E-state index in [1.807, 2.05) is 38.1 Å². The Morgan fingerprint density at radius 2 is 1.61 bits per heavy atom. The molecule has 0 unspecified atom stereocenters. The van der Waals surface area contributed by atoms with Crippen LogP contribution in [0.2, 0.25) is 0 Å². The zero-order valence-corrected chi connectivity index (χ0v) is 14.3. The third kappa shape index (κ3) is 4.85. The summed E-state index contributed by atoms with van der Waals surface area (Å²) in [5.41, 5.74) is 2.72. The SMILES string of the molecule is CC[C@H](C)c1ccc(NC(=O)c2ccc(OC(C)C)cc2)cc1. The number of amides is 1. The molecule has 0 bridgehead atoms. The van der Waals surface area contributed by atoms with Crippen molar-refractivity contribution < 1.29 is 9.53 Å². The molecule has 122 valence electrons. The molecule has 2 aromatic rings. The van der Waals surface area contributed by atoms with Crippen LogP contribution in [0.4, 0.5) is 5.69 Å². The lowest BCUT2D eigenvalue weighted by Crippen LogP contribution is -2.12. The number of carbonyl (C=O) groups is 1. The fourth-order valence-corrected chi connectivity index (χ4v) is 2.29. The monoisotopic (exact) mass is 311 g/mol. The largest absolute Gasteiger partial charge is 0.491 e. The summed E-state index contributed by atoms with van der Waals surface area (Å²) in [6.45, 7) is 8.33. The Bertz CT molecular complexity index is 630. The van der Waals surface area contributed by atoms with E-state index in [4.69, 9.17) is 4.74 Å². The van der Waals surface area contributed by atoms with Crippen LogP contribution in [0.1, 0.15) is 56.0 Å². The summed E-state index contributed by atoms with van der Waals surface area (Å²) in [5.74, 6) is 1.19. The summed E-state index contributed by atoms with van der Waals surface area (Å²) >= 11 is 0. The van der Waals surface area contributed by atoms with E-state index < -0.39 is 0 Å². The van der Waals surface area contributed by atoms with Gasteiger partial charge in [-0.2, -0.15) is 0 Å². The number of carbonyl (C=O) groups excluding carboxylic acids is 1. The zero-order valence-electron chi connectivity index (χ0n) is 14.3. The minimum atomic E-state index is -0.114. The van der Waals surface area contributed by atoms with Crippen LogP contribution in [0.15, 0.2) is 48.5 Å². The van der Waals surface area contributed by atoms with Crippen molar-refractivity contribution in [2.24, 2.45) is 0 Å². The number of hydrogen-bond donors (Lipinski definition) is 1. The molecule has 0 aliphatic rings. The molecule has 3 heteroatoms. The fourth-order valence-electron chi connectivity index (χ4n) is 2.29. The number of anilines is 1. The summed E-state index contributed by atoms with van der Waals surface area (Å²) in [6, 6.07) is 15.3. The number of ether oxygens (including phenoxy) is 1. The third-order valence-corrected chi connectivity index (χ3v) is 3.84. The van der Waals surface area contributed by atoms with E-state index >= 15 is 0 Å². The molecule has 1 amide bonds. The van der Waals surface area contributed by atoms with Crippen LogP contribution in [0.5, 0.6) is 5.75 Å². The average molecular weight is 311 g/mol. The maximum Gasteiger partial charge on any atom is 0.255 e. The van der Waals surface area contributed by atoms with Gasteiger partial charge in [0.2, 0.25) is 0 Å². The summed E-state index contributed by atoms with van der Waals surface area (Å²) in [4.78, 5) is 12.3. The van der Waals surface area contributed by atoms with Crippen molar-refractivity contribution in [2.75, 3.05) is 5.32 Å². The molecule has 0 saturated carbocycles. The highest BCUT2D eigenvalue weighted by molar-refractivity contribution is 6.04. The number of rotatable bonds is 6. The van der Waals surface area contributed by atoms with Gasteiger partial charge in [0.25, 0.3) is 5.91 Å². The highest BCUT2D eigenvalue weighted by Gasteiger charge is 2.08.